The summed E-state index contributed by atoms with van der Waals surface area (Å²) in [5.74, 6) is 0. The second kappa shape index (κ2) is 4.37. The van der Waals surface area contributed by atoms with E-state index in [1.807, 2.05) is 24.1 Å². The Morgan fingerprint density at radius 2 is 2.00 bits per heavy atom. The Morgan fingerprint density at radius 1 is 1.31 bits per heavy atom. The molecule has 0 saturated heterocycles. The standard InChI is InChI=1S/C12H15N3O/c1-9-3-5-11(6-4-9)15(2)12-14-10(7-13)8-16-12/h3-6,8H,7,13H2,1-2H3. The van der Waals surface area contributed by atoms with Gasteiger partial charge in [-0.25, -0.2) is 0 Å². The monoisotopic (exact) mass is 217 g/mol. The number of nitrogens with two attached hydrogens (primary N) is 1. The Balaban J connectivity index is 2.24. The van der Waals surface area contributed by atoms with Crippen LogP contribution in [0.25, 0.3) is 0 Å². The van der Waals surface area contributed by atoms with Crippen molar-refractivity contribution in [1.29, 1.82) is 0 Å². The normalized spacial score (nSPS) is 10.4. The smallest absolute Gasteiger partial charge is 0.301 e. The highest BCUT2D eigenvalue weighted by atomic mass is 16.4. The summed E-state index contributed by atoms with van der Waals surface area (Å²) >= 11 is 0. The number of aromatic nitrogens is 1. The van der Waals surface area contributed by atoms with Crippen LogP contribution >= 0.6 is 0 Å². The van der Waals surface area contributed by atoms with E-state index in [0.29, 0.717) is 12.6 Å². The Hall–Kier alpha value is -1.81. The molecule has 0 aliphatic heterocycles. The van der Waals surface area contributed by atoms with E-state index in [9.17, 15) is 0 Å². The first-order valence-corrected chi connectivity index (χ1v) is 5.15. The van der Waals surface area contributed by atoms with E-state index < -0.39 is 0 Å². The first kappa shape index (κ1) is 10.7. The van der Waals surface area contributed by atoms with Crippen LogP contribution in [-0.4, -0.2) is 12.0 Å². The van der Waals surface area contributed by atoms with Crippen molar-refractivity contribution < 1.29 is 4.42 Å². The number of hydrogen-bond donors (Lipinski definition) is 1. The summed E-state index contributed by atoms with van der Waals surface area (Å²) in [5, 5.41) is 0. The molecule has 84 valence electrons. The van der Waals surface area contributed by atoms with E-state index in [0.717, 1.165) is 11.4 Å². The van der Waals surface area contributed by atoms with Crippen LogP contribution in [0.1, 0.15) is 11.3 Å². The van der Waals surface area contributed by atoms with Crippen molar-refractivity contribution in [1.82, 2.24) is 4.98 Å². The SMILES string of the molecule is Cc1ccc(N(C)c2nc(CN)co2)cc1. The molecule has 0 bridgehead atoms. The topological polar surface area (TPSA) is 55.3 Å². The van der Waals surface area contributed by atoms with Gasteiger partial charge in [-0.1, -0.05) is 17.7 Å². The van der Waals surface area contributed by atoms with Crippen LogP contribution in [0.3, 0.4) is 0 Å². The maximum atomic E-state index is 5.48. The van der Waals surface area contributed by atoms with Gasteiger partial charge in [0.25, 0.3) is 0 Å². The van der Waals surface area contributed by atoms with Crippen molar-refractivity contribution in [2.45, 2.75) is 13.5 Å². The third-order valence-corrected chi connectivity index (χ3v) is 2.46. The van der Waals surface area contributed by atoms with Gasteiger partial charge in [-0.15, -0.1) is 0 Å². The number of benzene rings is 1. The second-order valence-electron chi connectivity index (χ2n) is 3.72. The fraction of sp³-hybridized carbons (Fsp3) is 0.250. The zero-order valence-corrected chi connectivity index (χ0v) is 9.47. The lowest BCUT2D eigenvalue weighted by Crippen LogP contribution is -2.10. The fourth-order valence-electron chi connectivity index (χ4n) is 1.42. The quantitative estimate of drug-likeness (QED) is 0.856. The molecule has 0 fully saturated rings. The molecule has 2 N–H and O–H groups in total. The van der Waals surface area contributed by atoms with Crippen molar-refractivity contribution in [3.8, 4) is 0 Å². The number of anilines is 2. The summed E-state index contributed by atoms with van der Waals surface area (Å²) in [5.41, 5.74) is 8.51. The highest BCUT2D eigenvalue weighted by Crippen LogP contribution is 2.22. The van der Waals surface area contributed by atoms with Crippen LogP contribution in [0.15, 0.2) is 34.9 Å². The fourth-order valence-corrected chi connectivity index (χ4v) is 1.42. The van der Waals surface area contributed by atoms with Gasteiger partial charge in [-0.05, 0) is 19.1 Å². The predicted octanol–water partition coefficient (Wildman–Crippen LogP) is 2.21. The van der Waals surface area contributed by atoms with Gasteiger partial charge in [-0.2, -0.15) is 4.98 Å². The Bertz CT molecular complexity index is 461. The van der Waals surface area contributed by atoms with Gasteiger partial charge in [0.1, 0.15) is 6.26 Å². The third kappa shape index (κ3) is 2.06. The van der Waals surface area contributed by atoms with E-state index in [-0.39, 0.29) is 0 Å². The minimum atomic E-state index is 0.394. The van der Waals surface area contributed by atoms with Crippen LogP contribution in [0.5, 0.6) is 0 Å². The molecule has 1 heterocycles. The molecule has 0 amide bonds. The van der Waals surface area contributed by atoms with Gasteiger partial charge < -0.3 is 10.2 Å². The molecule has 0 atom stereocenters. The van der Waals surface area contributed by atoms with Crippen LogP contribution in [0.2, 0.25) is 0 Å². The summed E-state index contributed by atoms with van der Waals surface area (Å²) in [6.07, 6.45) is 1.58. The molecule has 0 aliphatic rings. The van der Waals surface area contributed by atoms with E-state index in [1.165, 1.54) is 5.56 Å². The zero-order chi connectivity index (χ0) is 11.5. The van der Waals surface area contributed by atoms with Crippen molar-refractivity contribution in [3.05, 3.63) is 41.8 Å². The average Bonchev–Trinajstić information content (AvgIpc) is 2.77. The molecule has 0 unspecified atom stereocenters. The van der Waals surface area contributed by atoms with Gasteiger partial charge in [0.05, 0.1) is 5.69 Å². The summed E-state index contributed by atoms with van der Waals surface area (Å²) in [6, 6.07) is 8.73. The van der Waals surface area contributed by atoms with Crippen molar-refractivity contribution in [3.63, 3.8) is 0 Å². The van der Waals surface area contributed by atoms with E-state index in [2.05, 4.69) is 24.0 Å². The van der Waals surface area contributed by atoms with Gasteiger partial charge in [0.15, 0.2) is 0 Å². The summed E-state index contributed by atoms with van der Waals surface area (Å²) in [4.78, 5) is 6.15. The lowest BCUT2D eigenvalue weighted by atomic mass is 10.2. The lowest BCUT2D eigenvalue weighted by molar-refractivity contribution is 0.559. The number of nitrogens with zero attached hydrogens (tertiary/aromatic N) is 2. The molecule has 0 saturated carbocycles. The first-order valence-electron chi connectivity index (χ1n) is 5.15. The molecular weight excluding hydrogens is 202 g/mol. The molecule has 0 spiro atoms. The molecule has 16 heavy (non-hydrogen) atoms. The average molecular weight is 217 g/mol. The minimum Gasteiger partial charge on any atom is -0.431 e. The zero-order valence-electron chi connectivity index (χ0n) is 9.47. The van der Waals surface area contributed by atoms with Gasteiger partial charge >= 0.3 is 6.01 Å². The summed E-state index contributed by atoms with van der Waals surface area (Å²) in [6.45, 7) is 2.45. The maximum absolute atomic E-state index is 5.48. The Kier molecular flexibility index (Phi) is 2.92. The second-order valence-corrected chi connectivity index (χ2v) is 3.72. The molecular formula is C12H15N3O. The Morgan fingerprint density at radius 3 is 2.56 bits per heavy atom. The molecule has 2 rings (SSSR count). The first-order chi connectivity index (χ1) is 7.70. The molecule has 1 aromatic carbocycles. The minimum absolute atomic E-state index is 0.394. The molecule has 4 heteroatoms. The molecule has 1 aromatic heterocycles. The Labute approximate surface area is 94.7 Å². The van der Waals surface area contributed by atoms with E-state index >= 15 is 0 Å². The highest BCUT2D eigenvalue weighted by Gasteiger charge is 2.09. The van der Waals surface area contributed by atoms with Gasteiger partial charge in [0.2, 0.25) is 0 Å². The van der Waals surface area contributed by atoms with Crippen LogP contribution in [0, 0.1) is 6.92 Å². The maximum Gasteiger partial charge on any atom is 0.301 e. The molecule has 0 radical (unpaired) electrons. The van der Waals surface area contributed by atoms with E-state index in [4.69, 9.17) is 10.2 Å². The van der Waals surface area contributed by atoms with Crippen LogP contribution in [0.4, 0.5) is 11.7 Å². The summed E-state index contributed by atoms with van der Waals surface area (Å²) < 4.78 is 5.34. The number of rotatable bonds is 3. The third-order valence-electron chi connectivity index (χ3n) is 2.46. The largest absolute Gasteiger partial charge is 0.431 e. The van der Waals surface area contributed by atoms with Gasteiger partial charge in [-0.3, -0.25) is 4.90 Å². The van der Waals surface area contributed by atoms with Gasteiger partial charge in [0, 0.05) is 19.3 Å². The van der Waals surface area contributed by atoms with Crippen LogP contribution in [-0.2, 0) is 6.54 Å². The van der Waals surface area contributed by atoms with Crippen molar-refractivity contribution in [2.75, 3.05) is 11.9 Å². The lowest BCUT2D eigenvalue weighted by Gasteiger charge is -2.14. The summed E-state index contributed by atoms with van der Waals surface area (Å²) in [7, 11) is 1.91. The number of oxazole rings is 1. The van der Waals surface area contributed by atoms with Crippen molar-refractivity contribution in [2.24, 2.45) is 5.73 Å². The molecule has 0 aliphatic carbocycles. The highest BCUT2D eigenvalue weighted by molar-refractivity contribution is 5.55. The van der Waals surface area contributed by atoms with Crippen LogP contribution < -0.4 is 10.6 Å². The van der Waals surface area contributed by atoms with Crippen molar-refractivity contribution >= 4 is 11.7 Å². The van der Waals surface area contributed by atoms with E-state index in [1.54, 1.807) is 6.26 Å². The number of hydrogen-bond acceptors (Lipinski definition) is 4. The molecule has 4 nitrogen and oxygen atoms in total. The molecule has 2 aromatic rings. The predicted molar refractivity (Wildman–Crippen MR) is 63.6 cm³/mol. The number of aryl methyl sites for hydroxylation is 1.